The molecular formula is C15H6ClF4NO3. The van der Waals surface area contributed by atoms with Crippen LogP contribution in [0.4, 0.5) is 17.6 Å². The van der Waals surface area contributed by atoms with Crippen molar-refractivity contribution in [1.82, 2.24) is 4.98 Å². The van der Waals surface area contributed by atoms with E-state index in [2.05, 4.69) is 4.98 Å². The lowest BCUT2D eigenvalue weighted by molar-refractivity contribution is 0.343. The Morgan fingerprint density at radius 2 is 1.71 bits per heavy atom. The lowest BCUT2D eigenvalue weighted by atomic mass is 10.1. The minimum Gasteiger partial charge on any atom is -0.449 e. The van der Waals surface area contributed by atoms with E-state index in [0.29, 0.717) is 10.9 Å². The highest BCUT2D eigenvalue weighted by Gasteiger charge is 2.24. The van der Waals surface area contributed by atoms with Crippen molar-refractivity contribution in [3.8, 4) is 11.5 Å². The van der Waals surface area contributed by atoms with Crippen LogP contribution in [-0.2, 0) is 0 Å². The second kappa shape index (κ2) is 5.79. The molecule has 24 heavy (non-hydrogen) atoms. The topological polar surface area (TPSA) is 52.3 Å². The minimum absolute atomic E-state index is 0.0233. The Morgan fingerprint density at radius 1 is 1.08 bits per heavy atom. The summed E-state index contributed by atoms with van der Waals surface area (Å²) >= 11 is 5.96. The average molecular weight is 360 g/mol. The van der Waals surface area contributed by atoms with Crippen molar-refractivity contribution in [2.75, 3.05) is 0 Å². The fourth-order valence-corrected chi connectivity index (χ4v) is 2.27. The number of aryl methyl sites for hydroxylation is 1. The predicted octanol–water partition coefficient (Wildman–Crippen LogP) is 4.50. The maximum absolute atomic E-state index is 13.6. The van der Waals surface area contributed by atoms with Crippen LogP contribution < -0.4 is 10.4 Å². The summed E-state index contributed by atoms with van der Waals surface area (Å²) in [4.78, 5) is 13.8. The number of halogens is 5. The minimum atomic E-state index is -1.87. The van der Waals surface area contributed by atoms with E-state index in [0.717, 1.165) is 6.07 Å². The molecule has 2 aromatic heterocycles. The first-order valence-electron chi connectivity index (χ1n) is 6.39. The summed E-state index contributed by atoms with van der Waals surface area (Å²) in [5.41, 5.74) is -0.0880. The van der Waals surface area contributed by atoms with E-state index >= 15 is 0 Å². The summed E-state index contributed by atoms with van der Waals surface area (Å²) in [5.74, 6) is -9.10. The first-order valence-corrected chi connectivity index (χ1v) is 6.77. The van der Waals surface area contributed by atoms with E-state index in [9.17, 15) is 22.4 Å². The molecule has 0 saturated carbocycles. The first-order chi connectivity index (χ1) is 11.3. The predicted molar refractivity (Wildman–Crippen MR) is 76.4 cm³/mol. The van der Waals surface area contributed by atoms with Crippen molar-refractivity contribution in [2.24, 2.45) is 0 Å². The molecule has 3 rings (SSSR count). The molecule has 0 unspecified atom stereocenters. The van der Waals surface area contributed by atoms with Crippen molar-refractivity contribution < 1.29 is 26.7 Å². The number of fused-ring (bicyclic) bond motifs is 1. The number of rotatable bonds is 2. The number of hydrogen-bond acceptors (Lipinski definition) is 4. The molecule has 0 amide bonds. The van der Waals surface area contributed by atoms with Crippen LogP contribution in [-0.4, -0.2) is 4.98 Å². The molecular weight excluding hydrogens is 354 g/mol. The Hall–Kier alpha value is -2.61. The molecule has 0 aliphatic carbocycles. The third-order valence-electron chi connectivity index (χ3n) is 3.17. The number of nitrogens with zero attached hydrogens (tertiary/aromatic N) is 1. The van der Waals surface area contributed by atoms with Crippen LogP contribution in [0.25, 0.3) is 11.0 Å². The molecule has 0 radical (unpaired) electrons. The van der Waals surface area contributed by atoms with Gasteiger partial charge in [-0.3, -0.25) is 0 Å². The third kappa shape index (κ3) is 2.69. The number of aromatic nitrogens is 1. The highest BCUT2D eigenvalue weighted by Crippen LogP contribution is 2.36. The highest BCUT2D eigenvalue weighted by atomic mass is 35.5. The Labute approximate surface area is 136 Å². The van der Waals surface area contributed by atoms with E-state index in [4.69, 9.17) is 20.8 Å². The SMILES string of the molecule is Cc1cc(=O)oc2cc(Oc3c(F)c(F)nc(F)c3F)c(Cl)cc12. The van der Waals surface area contributed by atoms with Gasteiger partial charge in [0.1, 0.15) is 11.3 Å². The van der Waals surface area contributed by atoms with E-state index in [1.165, 1.54) is 12.1 Å². The fourth-order valence-electron chi connectivity index (χ4n) is 2.07. The molecule has 1 aromatic carbocycles. The molecule has 0 fully saturated rings. The maximum Gasteiger partial charge on any atom is 0.336 e. The van der Waals surface area contributed by atoms with Gasteiger partial charge in [0.15, 0.2) is 0 Å². The van der Waals surface area contributed by atoms with Gasteiger partial charge in [-0.25, -0.2) is 4.79 Å². The maximum atomic E-state index is 13.6. The lowest BCUT2D eigenvalue weighted by Crippen LogP contribution is -2.03. The van der Waals surface area contributed by atoms with Crippen LogP contribution in [0.1, 0.15) is 5.56 Å². The average Bonchev–Trinajstić information content (AvgIpc) is 2.51. The van der Waals surface area contributed by atoms with Crippen molar-refractivity contribution in [1.29, 1.82) is 0 Å². The first kappa shape index (κ1) is 16.3. The molecule has 2 heterocycles. The Balaban J connectivity index is 2.18. The van der Waals surface area contributed by atoms with Gasteiger partial charge in [0.25, 0.3) is 11.9 Å². The van der Waals surface area contributed by atoms with E-state index in [1.807, 2.05) is 0 Å². The summed E-state index contributed by atoms with van der Waals surface area (Å²) in [5, 5.41) is 0.343. The molecule has 0 spiro atoms. The van der Waals surface area contributed by atoms with Gasteiger partial charge >= 0.3 is 5.63 Å². The molecule has 0 aliphatic heterocycles. The number of benzene rings is 1. The molecule has 0 bridgehead atoms. The van der Waals surface area contributed by atoms with Crippen molar-refractivity contribution in [3.05, 3.63) is 62.7 Å². The molecule has 4 nitrogen and oxygen atoms in total. The van der Waals surface area contributed by atoms with Gasteiger partial charge in [0.05, 0.1) is 5.02 Å². The number of pyridine rings is 1. The van der Waals surface area contributed by atoms with Crippen molar-refractivity contribution in [3.63, 3.8) is 0 Å². The smallest absolute Gasteiger partial charge is 0.336 e. The van der Waals surface area contributed by atoms with Crippen LogP contribution in [0, 0.1) is 30.5 Å². The van der Waals surface area contributed by atoms with Gasteiger partial charge < -0.3 is 9.15 Å². The zero-order chi connectivity index (χ0) is 17.6. The van der Waals surface area contributed by atoms with Gasteiger partial charge in [-0.2, -0.15) is 22.5 Å². The summed E-state index contributed by atoms with van der Waals surface area (Å²) in [6.45, 7) is 1.63. The highest BCUT2D eigenvalue weighted by molar-refractivity contribution is 6.32. The van der Waals surface area contributed by atoms with Crippen molar-refractivity contribution >= 4 is 22.6 Å². The Bertz CT molecular complexity index is 1010. The normalized spacial score (nSPS) is 11.1. The third-order valence-corrected chi connectivity index (χ3v) is 3.47. The van der Waals surface area contributed by atoms with Crippen LogP contribution in [0.2, 0.25) is 5.02 Å². The zero-order valence-corrected chi connectivity index (χ0v) is 12.5. The molecule has 0 aliphatic rings. The molecule has 0 N–H and O–H groups in total. The van der Waals surface area contributed by atoms with Gasteiger partial charge in [0.2, 0.25) is 17.4 Å². The fraction of sp³-hybridized carbons (Fsp3) is 0.0667. The Kier molecular flexibility index (Phi) is 3.92. The van der Waals surface area contributed by atoms with Crippen molar-refractivity contribution in [2.45, 2.75) is 6.92 Å². The second-order valence-corrected chi connectivity index (χ2v) is 5.19. The number of ether oxygens (including phenoxy) is 1. The monoisotopic (exact) mass is 359 g/mol. The summed E-state index contributed by atoms with van der Waals surface area (Å²) in [7, 11) is 0. The van der Waals surface area contributed by atoms with E-state index in [1.54, 1.807) is 6.92 Å². The Morgan fingerprint density at radius 3 is 2.33 bits per heavy atom. The summed E-state index contributed by atoms with van der Waals surface area (Å²) < 4.78 is 63.3. The standard InChI is InChI=1S/C15H6ClF4NO3/c1-5-2-10(22)23-8-4-9(7(16)3-6(5)8)24-13-11(17)14(19)21-15(20)12(13)18/h2-4H,1H3. The van der Waals surface area contributed by atoms with Crippen LogP contribution >= 0.6 is 11.6 Å². The quantitative estimate of drug-likeness (QED) is 0.384. The lowest BCUT2D eigenvalue weighted by Gasteiger charge is -2.11. The zero-order valence-electron chi connectivity index (χ0n) is 11.8. The summed E-state index contributed by atoms with van der Waals surface area (Å²) in [6, 6.07) is 3.64. The number of hydrogen-bond donors (Lipinski definition) is 0. The van der Waals surface area contributed by atoms with Gasteiger partial charge in [-0.1, -0.05) is 11.6 Å². The van der Waals surface area contributed by atoms with Crippen LogP contribution in [0.5, 0.6) is 11.5 Å². The molecule has 9 heteroatoms. The molecule has 0 atom stereocenters. The molecule has 0 saturated heterocycles. The van der Waals surface area contributed by atoms with Gasteiger partial charge in [0, 0.05) is 17.5 Å². The molecule has 3 aromatic rings. The van der Waals surface area contributed by atoms with Crippen LogP contribution in [0.3, 0.4) is 0 Å². The van der Waals surface area contributed by atoms with Gasteiger partial charge in [-0.05, 0) is 18.6 Å². The largest absolute Gasteiger partial charge is 0.449 e. The van der Waals surface area contributed by atoms with Crippen LogP contribution in [0.15, 0.2) is 27.4 Å². The van der Waals surface area contributed by atoms with Gasteiger partial charge in [-0.15, -0.1) is 0 Å². The second-order valence-electron chi connectivity index (χ2n) is 4.78. The van der Waals surface area contributed by atoms with E-state index < -0.39 is 34.9 Å². The van der Waals surface area contributed by atoms with E-state index in [-0.39, 0.29) is 16.4 Å². The molecule has 124 valence electrons. The summed E-state index contributed by atoms with van der Waals surface area (Å²) in [6.07, 6.45) is 0.